The molecule has 2 heterocycles. The average Bonchev–Trinajstić information content (AvgIpc) is 3.47. The van der Waals surface area contributed by atoms with Crippen molar-refractivity contribution in [2.24, 2.45) is 11.7 Å². The van der Waals surface area contributed by atoms with Crippen molar-refractivity contribution in [2.45, 2.75) is 57.4 Å². The number of hydrogen-bond donors (Lipinski definition) is 2. The van der Waals surface area contributed by atoms with Gasteiger partial charge in [0.1, 0.15) is 0 Å². The summed E-state index contributed by atoms with van der Waals surface area (Å²) in [4.78, 5) is 17.6. The molecule has 7 heteroatoms. The van der Waals surface area contributed by atoms with Gasteiger partial charge in [-0.1, -0.05) is 19.0 Å². The van der Waals surface area contributed by atoms with Crippen LogP contribution >= 0.6 is 12.4 Å². The Balaban J connectivity index is 0.00000182. The van der Waals surface area contributed by atoms with Crippen molar-refractivity contribution in [3.05, 3.63) is 23.0 Å². The number of amides is 1. The lowest BCUT2D eigenvalue weighted by molar-refractivity contribution is 0.0935. The standard InChI is InChI=1S/C18H24N4O2.ClH/c1-9(2)16-15-12(17(23)20-14(8-19)11-5-6-11)7-13(10-3-4-10)21-18(15)24-22-16;/h7,9-11,14H,3-6,8,19H2,1-2H3,(H,20,23);1H. The van der Waals surface area contributed by atoms with Gasteiger partial charge in [-0.15, -0.1) is 12.4 Å². The molecule has 0 radical (unpaired) electrons. The number of pyridine rings is 1. The van der Waals surface area contributed by atoms with E-state index in [2.05, 4.69) is 15.5 Å². The molecule has 0 saturated heterocycles. The molecule has 25 heavy (non-hydrogen) atoms. The van der Waals surface area contributed by atoms with Gasteiger partial charge in [0.15, 0.2) is 0 Å². The molecule has 2 saturated carbocycles. The molecule has 2 aliphatic carbocycles. The SMILES string of the molecule is CC(C)c1noc2nc(C3CC3)cc(C(=O)NC(CN)C3CC3)c12.Cl. The number of rotatable bonds is 6. The molecule has 3 N–H and O–H groups in total. The van der Waals surface area contributed by atoms with E-state index in [1.54, 1.807) is 0 Å². The Labute approximate surface area is 153 Å². The summed E-state index contributed by atoms with van der Waals surface area (Å²) in [5, 5.41) is 8.03. The normalized spacial score (nSPS) is 18.2. The highest BCUT2D eigenvalue weighted by Crippen LogP contribution is 2.41. The van der Waals surface area contributed by atoms with Crippen LogP contribution in [-0.4, -0.2) is 28.6 Å². The third-order valence-corrected chi connectivity index (χ3v) is 5.04. The van der Waals surface area contributed by atoms with Crippen molar-refractivity contribution in [1.82, 2.24) is 15.5 Å². The minimum Gasteiger partial charge on any atom is -0.348 e. The number of carbonyl (C=O) groups is 1. The largest absolute Gasteiger partial charge is 0.348 e. The van der Waals surface area contributed by atoms with Crippen LogP contribution in [0.5, 0.6) is 0 Å². The van der Waals surface area contributed by atoms with E-state index in [9.17, 15) is 4.79 Å². The summed E-state index contributed by atoms with van der Waals surface area (Å²) in [5.74, 6) is 1.05. The molecule has 136 valence electrons. The highest BCUT2D eigenvalue weighted by atomic mass is 35.5. The average molecular weight is 365 g/mol. The van der Waals surface area contributed by atoms with E-state index in [1.807, 2.05) is 19.9 Å². The van der Waals surface area contributed by atoms with Crippen LogP contribution in [0, 0.1) is 5.92 Å². The Hall–Kier alpha value is -1.66. The van der Waals surface area contributed by atoms with Crippen molar-refractivity contribution in [3.63, 3.8) is 0 Å². The number of nitrogens with zero attached hydrogens (tertiary/aromatic N) is 2. The summed E-state index contributed by atoms with van der Waals surface area (Å²) < 4.78 is 5.45. The monoisotopic (exact) mass is 364 g/mol. The third-order valence-electron chi connectivity index (χ3n) is 5.04. The summed E-state index contributed by atoms with van der Waals surface area (Å²) in [6.45, 7) is 4.56. The lowest BCUT2D eigenvalue weighted by Crippen LogP contribution is -2.41. The molecular weight excluding hydrogens is 340 g/mol. The lowest BCUT2D eigenvalue weighted by atomic mass is 10.0. The van der Waals surface area contributed by atoms with E-state index in [-0.39, 0.29) is 30.3 Å². The molecular formula is C18H25ClN4O2. The van der Waals surface area contributed by atoms with Crippen LogP contribution in [0.1, 0.15) is 73.1 Å². The molecule has 2 aromatic rings. The molecule has 1 unspecified atom stereocenters. The van der Waals surface area contributed by atoms with E-state index in [4.69, 9.17) is 10.3 Å². The van der Waals surface area contributed by atoms with Crippen LogP contribution in [0.25, 0.3) is 11.1 Å². The molecule has 1 atom stereocenters. The van der Waals surface area contributed by atoms with Crippen molar-refractivity contribution < 1.29 is 9.32 Å². The molecule has 0 aromatic carbocycles. The van der Waals surface area contributed by atoms with E-state index >= 15 is 0 Å². The molecule has 0 spiro atoms. The Morgan fingerprint density at radius 1 is 1.36 bits per heavy atom. The highest BCUT2D eigenvalue weighted by Gasteiger charge is 2.33. The minimum absolute atomic E-state index is 0. The first-order valence-corrected chi connectivity index (χ1v) is 8.89. The first kappa shape index (κ1) is 18.1. The second-order valence-electron chi connectivity index (χ2n) is 7.42. The van der Waals surface area contributed by atoms with Crippen LogP contribution < -0.4 is 11.1 Å². The summed E-state index contributed by atoms with van der Waals surface area (Å²) in [5.41, 5.74) is 8.68. The molecule has 2 aliphatic rings. The number of halogens is 1. The molecule has 0 aliphatic heterocycles. The van der Waals surface area contributed by atoms with Gasteiger partial charge in [0, 0.05) is 24.2 Å². The summed E-state index contributed by atoms with van der Waals surface area (Å²) in [7, 11) is 0. The second kappa shape index (κ2) is 6.92. The quantitative estimate of drug-likeness (QED) is 0.821. The zero-order chi connectivity index (χ0) is 16.8. The third kappa shape index (κ3) is 3.51. The molecule has 1 amide bonds. The number of hydrogen-bond acceptors (Lipinski definition) is 5. The summed E-state index contributed by atoms with van der Waals surface area (Å²) >= 11 is 0. The molecule has 4 rings (SSSR count). The van der Waals surface area contributed by atoms with Crippen LogP contribution in [0.3, 0.4) is 0 Å². The van der Waals surface area contributed by atoms with Gasteiger partial charge in [-0.2, -0.15) is 0 Å². The van der Waals surface area contributed by atoms with Gasteiger partial charge in [0.2, 0.25) is 0 Å². The number of fused-ring (bicyclic) bond motifs is 1. The smallest absolute Gasteiger partial charge is 0.259 e. The summed E-state index contributed by atoms with van der Waals surface area (Å²) in [6.07, 6.45) is 4.54. The van der Waals surface area contributed by atoms with Crippen LogP contribution in [0.2, 0.25) is 0 Å². The zero-order valence-corrected chi connectivity index (χ0v) is 15.4. The van der Waals surface area contributed by atoms with Gasteiger partial charge in [-0.25, -0.2) is 4.98 Å². The van der Waals surface area contributed by atoms with Crippen molar-refractivity contribution in [2.75, 3.05) is 6.54 Å². The Morgan fingerprint density at radius 2 is 2.08 bits per heavy atom. The van der Waals surface area contributed by atoms with Gasteiger partial charge in [-0.3, -0.25) is 4.79 Å². The highest BCUT2D eigenvalue weighted by molar-refractivity contribution is 6.06. The maximum Gasteiger partial charge on any atom is 0.259 e. The first-order valence-electron chi connectivity index (χ1n) is 8.89. The van der Waals surface area contributed by atoms with Crippen LogP contribution in [-0.2, 0) is 0 Å². The number of carbonyl (C=O) groups excluding carboxylic acids is 1. The van der Waals surface area contributed by atoms with E-state index in [0.717, 1.165) is 42.5 Å². The predicted molar refractivity (Wildman–Crippen MR) is 98.1 cm³/mol. The van der Waals surface area contributed by atoms with Gasteiger partial charge < -0.3 is 15.6 Å². The Morgan fingerprint density at radius 3 is 2.64 bits per heavy atom. The fourth-order valence-electron chi connectivity index (χ4n) is 3.27. The van der Waals surface area contributed by atoms with Crippen LogP contribution in [0.15, 0.2) is 10.6 Å². The van der Waals surface area contributed by atoms with Gasteiger partial charge in [0.05, 0.1) is 16.6 Å². The zero-order valence-electron chi connectivity index (χ0n) is 14.6. The van der Waals surface area contributed by atoms with E-state index in [1.165, 1.54) is 0 Å². The molecule has 2 aromatic heterocycles. The first-order chi connectivity index (χ1) is 11.6. The predicted octanol–water partition coefficient (Wildman–Crippen LogP) is 3.11. The number of nitrogens with two attached hydrogens (primary N) is 1. The molecule has 0 bridgehead atoms. The van der Waals surface area contributed by atoms with Gasteiger partial charge >= 0.3 is 0 Å². The van der Waals surface area contributed by atoms with E-state index in [0.29, 0.717) is 29.7 Å². The number of nitrogens with one attached hydrogen (secondary N) is 1. The maximum atomic E-state index is 13.0. The topological polar surface area (TPSA) is 94.0 Å². The second-order valence-corrected chi connectivity index (χ2v) is 7.42. The summed E-state index contributed by atoms with van der Waals surface area (Å²) in [6, 6.07) is 1.98. The minimum atomic E-state index is -0.0863. The Kier molecular flexibility index (Phi) is 5.02. The van der Waals surface area contributed by atoms with Crippen LogP contribution in [0.4, 0.5) is 0 Å². The van der Waals surface area contributed by atoms with Gasteiger partial charge in [-0.05, 0) is 43.6 Å². The van der Waals surface area contributed by atoms with E-state index < -0.39 is 0 Å². The van der Waals surface area contributed by atoms with Crippen molar-refractivity contribution >= 4 is 29.4 Å². The fraction of sp³-hybridized carbons (Fsp3) is 0.611. The van der Waals surface area contributed by atoms with Crippen molar-refractivity contribution in [1.29, 1.82) is 0 Å². The van der Waals surface area contributed by atoms with Gasteiger partial charge in [0.25, 0.3) is 11.6 Å². The molecule has 2 fully saturated rings. The maximum absolute atomic E-state index is 13.0. The molecule has 6 nitrogen and oxygen atoms in total. The lowest BCUT2D eigenvalue weighted by Gasteiger charge is -2.17. The Bertz CT molecular complexity index is 781. The fourth-order valence-corrected chi connectivity index (χ4v) is 3.27. The van der Waals surface area contributed by atoms with Crippen molar-refractivity contribution in [3.8, 4) is 0 Å². The number of aromatic nitrogens is 2.